The van der Waals surface area contributed by atoms with Crippen molar-refractivity contribution < 1.29 is 32.0 Å². The van der Waals surface area contributed by atoms with E-state index in [0.29, 0.717) is 21.9 Å². The molecule has 238 valence electrons. The zero-order chi connectivity index (χ0) is 33.3. The summed E-state index contributed by atoms with van der Waals surface area (Å²) in [5.74, 6) is -0.0843. The fraction of sp³-hybridized carbons (Fsp3) is 0.364. The molecule has 0 saturated carbocycles. The largest absolute Gasteiger partial charge is 0.443 e. The number of hydrogen-bond acceptors (Lipinski definition) is 10. The van der Waals surface area contributed by atoms with E-state index in [2.05, 4.69) is 10.1 Å². The number of benzene rings is 2. The third-order valence-corrected chi connectivity index (χ3v) is 8.48. The highest BCUT2D eigenvalue weighted by molar-refractivity contribution is 7.92. The van der Waals surface area contributed by atoms with Crippen LogP contribution in [0.1, 0.15) is 61.0 Å². The van der Waals surface area contributed by atoms with E-state index in [9.17, 15) is 18.0 Å². The minimum atomic E-state index is -3.49. The molecule has 0 atom stereocenters. The lowest BCUT2D eigenvalue weighted by molar-refractivity contribution is 0.0429. The Kier molecular flexibility index (Phi) is 9.20. The normalized spacial score (nSPS) is 12.2. The van der Waals surface area contributed by atoms with Crippen LogP contribution >= 0.6 is 0 Å². The number of ether oxygens (including phenoxy) is 2. The first-order valence-electron chi connectivity index (χ1n) is 14.4. The molecular weight excluding hydrogens is 596 g/mol. The molecule has 2 aromatic heterocycles. The number of aromatic nitrogens is 3. The van der Waals surface area contributed by atoms with E-state index < -0.39 is 38.5 Å². The van der Waals surface area contributed by atoms with E-state index in [1.165, 1.54) is 18.3 Å². The molecule has 2 heterocycles. The molecule has 0 radical (unpaired) electrons. The molecule has 12 heteroatoms. The molecule has 0 spiro atoms. The highest BCUT2D eigenvalue weighted by Crippen LogP contribution is 2.34. The third-order valence-electron chi connectivity index (χ3n) is 6.31. The van der Waals surface area contributed by atoms with E-state index in [-0.39, 0.29) is 22.2 Å². The van der Waals surface area contributed by atoms with Gasteiger partial charge in [-0.1, -0.05) is 47.1 Å². The standard InChI is InChI=1S/C33H38N4O7S/c1-20(2)45(40,41)24-16-14-23(15-17-24)26-19-34-29(37(30(38)42-32(4,5)6)31(39)43-33(7,8)9)28(35-26)27-18-25(36-44-27)22-12-10-21(3)11-13-22/h10-20H,1-9H3. The van der Waals surface area contributed by atoms with Crippen LogP contribution in [0.2, 0.25) is 0 Å². The number of amides is 2. The Morgan fingerprint density at radius 1 is 0.822 bits per heavy atom. The number of anilines is 1. The number of hydrogen-bond donors (Lipinski definition) is 0. The quantitative estimate of drug-likeness (QED) is 0.208. The second-order valence-electron chi connectivity index (χ2n) is 12.8. The highest BCUT2D eigenvalue weighted by Gasteiger charge is 2.37. The summed E-state index contributed by atoms with van der Waals surface area (Å²) in [4.78, 5) is 37.1. The number of carbonyl (C=O) groups is 2. The Labute approximate surface area is 263 Å². The summed E-state index contributed by atoms with van der Waals surface area (Å²) in [6.45, 7) is 15.2. The second kappa shape index (κ2) is 12.4. The first-order chi connectivity index (χ1) is 20.9. The molecule has 4 aromatic rings. The minimum absolute atomic E-state index is 0.00829. The summed E-state index contributed by atoms with van der Waals surface area (Å²) in [7, 11) is -3.49. The molecule has 2 amide bonds. The van der Waals surface area contributed by atoms with Crippen LogP contribution in [0, 0.1) is 6.92 Å². The summed E-state index contributed by atoms with van der Waals surface area (Å²) in [5.41, 5.74) is 1.31. The Morgan fingerprint density at radius 3 is 1.84 bits per heavy atom. The van der Waals surface area contributed by atoms with Gasteiger partial charge in [-0.05, 0) is 74.4 Å². The van der Waals surface area contributed by atoms with Crippen molar-refractivity contribution in [2.24, 2.45) is 0 Å². The van der Waals surface area contributed by atoms with Crippen LogP contribution in [0.15, 0.2) is 70.2 Å². The van der Waals surface area contributed by atoms with Gasteiger partial charge in [0.15, 0.2) is 27.1 Å². The minimum Gasteiger partial charge on any atom is -0.443 e. The molecule has 4 rings (SSSR count). The second-order valence-corrected chi connectivity index (χ2v) is 15.3. The summed E-state index contributed by atoms with van der Waals surface area (Å²) in [6.07, 6.45) is -0.688. The van der Waals surface area contributed by atoms with Gasteiger partial charge in [-0.25, -0.2) is 28.0 Å². The lowest BCUT2D eigenvalue weighted by Gasteiger charge is -2.28. The SMILES string of the molecule is Cc1ccc(-c2cc(-c3nc(-c4ccc(S(=O)(=O)C(C)C)cc4)cnc3N(C(=O)OC(C)(C)C)C(=O)OC(C)(C)C)on2)cc1. The smallest absolute Gasteiger partial charge is 0.425 e. The number of carbonyl (C=O) groups excluding carboxylic acids is 2. The monoisotopic (exact) mass is 634 g/mol. The van der Waals surface area contributed by atoms with Crippen molar-refractivity contribution in [2.75, 3.05) is 4.90 Å². The van der Waals surface area contributed by atoms with Crippen molar-refractivity contribution in [3.63, 3.8) is 0 Å². The number of aryl methyl sites for hydroxylation is 1. The summed E-state index contributed by atoms with van der Waals surface area (Å²) in [5, 5.41) is 3.61. The van der Waals surface area contributed by atoms with Gasteiger partial charge in [-0.3, -0.25) is 0 Å². The maximum Gasteiger partial charge on any atom is 0.425 e. The zero-order valence-corrected chi connectivity index (χ0v) is 27.7. The number of sulfone groups is 1. The fourth-order valence-corrected chi connectivity index (χ4v) is 5.11. The predicted octanol–water partition coefficient (Wildman–Crippen LogP) is 7.63. The van der Waals surface area contributed by atoms with Gasteiger partial charge >= 0.3 is 12.2 Å². The van der Waals surface area contributed by atoms with E-state index in [1.807, 2.05) is 31.2 Å². The summed E-state index contributed by atoms with van der Waals surface area (Å²) >= 11 is 0. The van der Waals surface area contributed by atoms with Gasteiger partial charge in [-0.15, -0.1) is 0 Å². The van der Waals surface area contributed by atoms with Gasteiger partial charge in [0.2, 0.25) is 0 Å². The maximum absolute atomic E-state index is 13.5. The van der Waals surface area contributed by atoms with Gasteiger partial charge in [0.1, 0.15) is 16.9 Å². The van der Waals surface area contributed by atoms with E-state index in [4.69, 9.17) is 19.0 Å². The lowest BCUT2D eigenvalue weighted by Crippen LogP contribution is -2.44. The van der Waals surface area contributed by atoms with Crippen molar-refractivity contribution in [1.82, 2.24) is 15.1 Å². The highest BCUT2D eigenvalue weighted by atomic mass is 32.2. The first kappa shape index (κ1) is 33.3. The Balaban J connectivity index is 1.90. The predicted molar refractivity (Wildman–Crippen MR) is 170 cm³/mol. The van der Waals surface area contributed by atoms with Crippen LogP contribution in [-0.4, -0.2) is 52.2 Å². The number of nitrogens with zero attached hydrogens (tertiary/aromatic N) is 4. The van der Waals surface area contributed by atoms with Gasteiger partial charge in [0.25, 0.3) is 0 Å². The fourth-order valence-electron chi connectivity index (χ4n) is 4.05. The topological polar surface area (TPSA) is 142 Å². The molecule has 11 nitrogen and oxygen atoms in total. The molecule has 0 bridgehead atoms. The zero-order valence-electron chi connectivity index (χ0n) is 26.9. The molecular formula is C33H38N4O7S. The van der Waals surface area contributed by atoms with Crippen molar-refractivity contribution >= 4 is 27.8 Å². The van der Waals surface area contributed by atoms with Crippen LogP contribution in [0.3, 0.4) is 0 Å². The average Bonchev–Trinajstić information content (AvgIpc) is 3.42. The third kappa shape index (κ3) is 7.93. The lowest BCUT2D eigenvalue weighted by atomic mass is 10.1. The molecule has 0 aliphatic rings. The van der Waals surface area contributed by atoms with Crippen molar-refractivity contribution in [3.8, 4) is 34.0 Å². The molecule has 45 heavy (non-hydrogen) atoms. The Bertz CT molecular complexity index is 1770. The van der Waals surface area contributed by atoms with E-state index >= 15 is 0 Å². The van der Waals surface area contributed by atoms with Gasteiger partial charge in [-0.2, -0.15) is 4.90 Å². The molecule has 0 N–H and O–H groups in total. The van der Waals surface area contributed by atoms with Crippen LogP contribution in [0.25, 0.3) is 34.0 Å². The van der Waals surface area contributed by atoms with Gasteiger partial charge in [0.05, 0.1) is 22.0 Å². The molecule has 2 aromatic carbocycles. The summed E-state index contributed by atoms with van der Waals surface area (Å²) in [6, 6.07) is 15.5. The molecule has 0 unspecified atom stereocenters. The molecule has 0 fully saturated rings. The Hall–Kier alpha value is -4.58. The van der Waals surface area contributed by atoms with Crippen LogP contribution in [0.4, 0.5) is 15.4 Å². The maximum atomic E-state index is 13.5. The first-order valence-corrected chi connectivity index (χ1v) is 15.9. The Morgan fingerprint density at radius 2 is 1.33 bits per heavy atom. The van der Waals surface area contributed by atoms with Crippen molar-refractivity contribution in [3.05, 3.63) is 66.4 Å². The summed E-state index contributed by atoms with van der Waals surface area (Å²) < 4.78 is 42.2. The average molecular weight is 635 g/mol. The van der Waals surface area contributed by atoms with E-state index in [0.717, 1.165) is 11.1 Å². The number of imide groups is 1. The van der Waals surface area contributed by atoms with Crippen LogP contribution in [-0.2, 0) is 19.3 Å². The molecule has 0 saturated heterocycles. The van der Waals surface area contributed by atoms with Crippen LogP contribution in [0.5, 0.6) is 0 Å². The van der Waals surface area contributed by atoms with Gasteiger partial charge in [0, 0.05) is 17.2 Å². The molecule has 0 aliphatic carbocycles. The molecule has 0 aliphatic heterocycles. The van der Waals surface area contributed by atoms with E-state index in [1.54, 1.807) is 73.6 Å². The van der Waals surface area contributed by atoms with Crippen molar-refractivity contribution in [1.29, 1.82) is 0 Å². The van der Waals surface area contributed by atoms with Crippen molar-refractivity contribution in [2.45, 2.75) is 83.7 Å². The van der Waals surface area contributed by atoms with Gasteiger partial charge < -0.3 is 14.0 Å². The van der Waals surface area contributed by atoms with Crippen LogP contribution < -0.4 is 4.90 Å². The number of rotatable bonds is 6.